The van der Waals surface area contributed by atoms with E-state index in [1.54, 1.807) is 11.0 Å². The Morgan fingerprint density at radius 3 is 2.62 bits per heavy atom. The predicted octanol–water partition coefficient (Wildman–Crippen LogP) is 1.97. The summed E-state index contributed by atoms with van der Waals surface area (Å²) < 4.78 is 5.01. The molecule has 2 N–H and O–H groups in total. The molecule has 0 unspecified atom stereocenters. The molecule has 1 rings (SSSR count). The fourth-order valence-corrected chi connectivity index (χ4v) is 2.09. The lowest BCUT2D eigenvalue weighted by molar-refractivity contribution is 0.0963. The van der Waals surface area contributed by atoms with Crippen LogP contribution in [-0.4, -0.2) is 55.8 Å². The molecule has 1 fully saturated rings. The lowest BCUT2D eigenvalue weighted by atomic mass is 10.1. The molecular weight excluding hydrogens is 383 g/mol. The molecule has 0 aromatic carbocycles. The van der Waals surface area contributed by atoms with Gasteiger partial charge in [0.25, 0.3) is 0 Å². The molecular formula is C14H27IN4O2. The summed E-state index contributed by atoms with van der Waals surface area (Å²) in [6, 6.07) is 0.336. The highest BCUT2D eigenvalue weighted by molar-refractivity contribution is 14.0. The molecule has 0 radical (unpaired) electrons. The molecule has 0 spiro atoms. The maximum absolute atomic E-state index is 11.6. The highest BCUT2D eigenvalue weighted by Gasteiger charge is 2.23. The van der Waals surface area contributed by atoms with E-state index in [1.807, 2.05) is 13.8 Å². The first-order valence-corrected chi connectivity index (χ1v) is 7.28. The Morgan fingerprint density at radius 2 is 2.10 bits per heavy atom. The average molecular weight is 410 g/mol. The summed E-state index contributed by atoms with van der Waals surface area (Å²) >= 11 is 0. The number of carbonyl (C=O) groups is 1. The van der Waals surface area contributed by atoms with Crippen LogP contribution in [0.5, 0.6) is 0 Å². The molecule has 21 heavy (non-hydrogen) atoms. The molecule has 0 atom stereocenters. The number of piperidine rings is 1. The normalized spacial score (nSPS) is 15.9. The van der Waals surface area contributed by atoms with Gasteiger partial charge in [-0.25, -0.2) is 9.79 Å². The van der Waals surface area contributed by atoms with Crippen molar-refractivity contribution in [2.45, 2.75) is 32.7 Å². The van der Waals surface area contributed by atoms with Gasteiger partial charge < -0.3 is 20.3 Å². The molecule has 0 saturated carbocycles. The minimum Gasteiger partial charge on any atom is -0.450 e. The smallest absolute Gasteiger partial charge is 0.409 e. The predicted molar refractivity (Wildman–Crippen MR) is 96.3 cm³/mol. The van der Waals surface area contributed by atoms with Crippen LogP contribution in [0, 0.1) is 0 Å². The number of halogens is 1. The maximum atomic E-state index is 11.6. The van der Waals surface area contributed by atoms with Crippen LogP contribution in [0.25, 0.3) is 0 Å². The van der Waals surface area contributed by atoms with Crippen molar-refractivity contribution in [3.8, 4) is 0 Å². The fraction of sp³-hybridized carbons (Fsp3) is 0.714. The SMILES string of the molecule is C=CCN=C(NCC)NC1CCN(C(=O)OCC)CC1.I. The number of aliphatic imine (C=N–C) groups is 1. The summed E-state index contributed by atoms with van der Waals surface area (Å²) in [4.78, 5) is 17.7. The maximum Gasteiger partial charge on any atom is 0.409 e. The van der Waals surface area contributed by atoms with E-state index in [-0.39, 0.29) is 30.1 Å². The Labute approximate surface area is 144 Å². The number of guanidine groups is 1. The second kappa shape index (κ2) is 11.6. The van der Waals surface area contributed by atoms with E-state index in [0.29, 0.717) is 19.2 Å². The van der Waals surface area contributed by atoms with Crippen molar-refractivity contribution >= 4 is 36.0 Å². The van der Waals surface area contributed by atoms with Crippen LogP contribution in [-0.2, 0) is 4.74 Å². The number of carbonyl (C=O) groups excluding carboxylic acids is 1. The van der Waals surface area contributed by atoms with Gasteiger partial charge in [-0.15, -0.1) is 30.6 Å². The molecule has 6 nitrogen and oxygen atoms in total. The van der Waals surface area contributed by atoms with E-state index < -0.39 is 0 Å². The molecule has 1 amide bonds. The minimum atomic E-state index is -0.210. The summed E-state index contributed by atoms with van der Waals surface area (Å²) in [5.41, 5.74) is 0. The number of likely N-dealkylation sites (tertiary alicyclic amines) is 1. The number of rotatable bonds is 5. The van der Waals surface area contributed by atoms with Crippen LogP contribution in [0.3, 0.4) is 0 Å². The molecule has 1 heterocycles. The number of amides is 1. The third-order valence-corrected chi connectivity index (χ3v) is 3.08. The van der Waals surface area contributed by atoms with Gasteiger partial charge >= 0.3 is 6.09 Å². The van der Waals surface area contributed by atoms with Gasteiger partial charge in [0, 0.05) is 25.7 Å². The molecule has 0 aromatic rings. The van der Waals surface area contributed by atoms with Gasteiger partial charge in [0.2, 0.25) is 0 Å². The van der Waals surface area contributed by atoms with Crippen molar-refractivity contribution in [1.82, 2.24) is 15.5 Å². The Balaban J connectivity index is 0.00000400. The second-order valence-electron chi connectivity index (χ2n) is 4.61. The fourth-order valence-electron chi connectivity index (χ4n) is 2.09. The van der Waals surface area contributed by atoms with Gasteiger partial charge in [-0.05, 0) is 26.7 Å². The summed E-state index contributed by atoms with van der Waals surface area (Å²) in [6.45, 7) is 10.8. The van der Waals surface area contributed by atoms with Crippen molar-refractivity contribution in [2.75, 3.05) is 32.8 Å². The number of nitrogens with zero attached hydrogens (tertiary/aromatic N) is 2. The summed E-state index contributed by atoms with van der Waals surface area (Å²) in [6.07, 6.45) is 3.36. The highest BCUT2D eigenvalue weighted by Crippen LogP contribution is 2.11. The van der Waals surface area contributed by atoms with E-state index in [0.717, 1.165) is 38.4 Å². The Kier molecular flexibility index (Phi) is 11.1. The van der Waals surface area contributed by atoms with Crippen molar-refractivity contribution < 1.29 is 9.53 Å². The average Bonchev–Trinajstić information content (AvgIpc) is 2.46. The quantitative estimate of drug-likeness (QED) is 0.315. The second-order valence-corrected chi connectivity index (χ2v) is 4.61. The first-order valence-electron chi connectivity index (χ1n) is 7.28. The standard InChI is InChI=1S/C14H26N4O2.HI/c1-4-9-16-13(15-5-2)17-12-7-10-18(11-8-12)14(19)20-6-3;/h4,12H,1,5-11H2,2-3H3,(H2,15,16,17);1H. The Hall–Kier alpha value is -0.990. The van der Waals surface area contributed by atoms with E-state index in [4.69, 9.17) is 4.74 Å². The minimum absolute atomic E-state index is 0. The molecule has 1 saturated heterocycles. The first-order chi connectivity index (χ1) is 9.71. The summed E-state index contributed by atoms with van der Waals surface area (Å²) in [5, 5.41) is 6.60. The van der Waals surface area contributed by atoms with Crippen LogP contribution in [0.1, 0.15) is 26.7 Å². The lowest BCUT2D eigenvalue weighted by Crippen LogP contribution is -2.49. The van der Waals surface area contributed by atoms with Crippen LogP contribution in [0.2, 0.25) is 0 Å². The van der Waals surface area contributed by atoms with Crippen molar-refractivity contribution in [1.29, 1.82) is 0 Å². The summed E-state index contributed by atoms with van der Waals surface area (Å²) in [5.74, 6) is 0.807. The van der Waals surface area contributed by atoms with E-state index >= 15 is 0 Å². The van der Waals surface area contributed by atoms with Crippen LogP contribution in [0.15, 0.2) is 17.6 Å². The largest absolute Gasteiger partial charge is 0.450 e. The zero-order valence-corrected chi connectivity index (χ0v) is 15.3. The molecule has 1 aliphatic heterocycles. The van der Waals surface area contributed by atoms with E-state index in [2.05, 4.69) is 22.2 Å². The van der Waals surface area contributed by atoms with Crippen molar-refractivity contribution in [2.24, 2.45) is 4.99 Å². The van der Waals surface area contributed by atoms with E-state index in [1.165, 1.54) is 0 Å². The number of hydrogen-bond acceptors (Lipinski definition) is 3. The zero-order chi connectivity index (χ0) is 14.8. The van der Waals surface area contributed by atoms with Gasteiger partial charge in [0.1, 0.15) is 0 Å². The van der Waals surface area contributed by atoms with Crippen molar-refractivity contribution in [3.05, 3.63) is 12.7 Å². The molecule has 0 aliphatic carbocycles. The van der Waals surface area contributed by atoms with Gasteiger partial charge in [0.05, 0.1) is 13.2 Å². The van der Waals surface area contributed by atoms with Crippen molar-refractivity contribution in [3.63, 3.8) is 0 Å². The molecule has 122 valence electrons. The molecule has 0 bridgehead atoms. The Bertz CT molecular complexity index is 342. The Morgan fingerprint density at radius 1 is 1.43 bits per heavy atom. The first kappa shape index (κ1) is 20.0. The number of hydrogen-bond donors (Lipinski definition) is 2. The zero-order valence-electron chi connectivity index (χ0n) is 12.9. The lowest BCUT2D eigenvalue weighted by Gasteiger charge is -2.32. The van der Waals surface area contributed by atoms with Crippen LogP contribution >= 0.6 is 24.0 Å². The highest BCUT2D eigenvalue weighted by atomic mass is 127. The molecule has 0 aromatic heterocycles. The third kappa shape index (κ3) is 7.54. The van der Waals surface area contributed by atoms with Crippen LogP contribution in [0.4, 0.5) is 4.79 Å². The van der Waals surface area contributed by atoms with Gasteiger partial charge in [-0.1, -0.05) is 6.08 Å². The van der Waals surface area contributed by atoms with Crippen LogP contribution < -0.4 is 10.6 Å². The molecule has 1 aliphatic rings. The summed E-state index contributed by atoms with van der Waals surface area (Å²) in [7, 11) is 0. The number of ether oxygens (including phenoxy) is 1. The van der Waals surface area contributed by atoms with E-state index in [9.17, 15) is 4.79 Å². The third-order valence-electron chi connectivity index (χ3n) is 3.08. The van der Waals surface area contributed by atoms with Gasteiger partial charge in [-0.3, -0.25) is 0 Å². The monoisotopic (exact) mass is 410 g/mol. The number of nitrogens with one attached hydrogen (secondary N) is 2. The van der Waals surface area contributed by atoms with Gasteiger partial charge in [0.15, 0.2) is 5.96 Å². The molecule has 7 heteroatoms. The van der Waals surface area contributed by atoms with Gasteiger partial charge in [-0.2, -0.15) is 0 Å². The topological polar surface area (TPSA) is 66.0 Å².